The summed E-state index contributed by atoms with van der Waals surface area (Å²) >= 11 is 1.49. The molecule has 3 aromatic rings. The second-order valence-corrected chi connectivity index (χ2v) is 6.46. The summed E-state index contributed by atoms with van der Waals surface area (Å²) in [6.07, 6.45) is 3.22. The van der Waals surface area contributed by atoms with Gasteiger partial charge in [0.1, 0.15) is 0 Å². The van der Waals surface area contributed by atoms with Crippen molar-refractivity contribution in [2.24, 2.45) is 7.05 Å². The lowest BCUT2D eigenvalue weighted by molar-refractivity contribution is 0.102. The Labute approximate surface area is 144 Å². The maximum Gasteiger partial charge on any atom is 0.258 e. The highest BCUT2D eigenvalue weighted by molar-refractivity contribution is 7.99. The van der Waals surface area contributed by atoms with Gasteiger partial charge in [0.25, 0.3) is 5.91 Å². The Kier molecular flexibility index (Phi) is 4.61. The second-order valence-electron chi connectivity index (χ2n) is 5.42. The van der Waals surface area contributed by atoms with Crippen molar-refractivity contribution in [1.29, 1.82) is 0 Å². The highest BCUT2D eigenvalue weighted by Gasteiger charge is 2.08. The Morgan fingerprint density at radius 1 is 1.12 bits per heavy atom. The summed E-state index contributed by atoms with van der Waals surface area (Å²) in [5, 5.41) is 7.56. The standard InChI is InChI=1S/C17H17N5OS/c1-11-8-12(2)20-17(19-11)24-15-6-4-14(5-7-15)21-16(23)13-9-18-22(3)10-13/h4-10H,1-3H3,(H,21,23). The molecule has 2 heterocycles. The number of amides is 1. The Balaban J connectivity index is 1.68. The molecule has 0 fully saturated rings. The summed E-state index contributed by atoms with van der Waals surface area (Å²) < 4.78 is 1.60. The minimum atomic E-state index is -0.179. The van der Waals surface area contributed by atoms with Gasteiger partial charge in [0.05, 0.1) is 11.8 Å². The van der Waals surface area contributed by atoms with Crippen LogP contribution < -0.4 is 5.32 Å². The number of carbonyl (C=O) groups is 1. The fourth-order valence-corrected chi connectivity index (χ4v) is 3.05. The van der Waals surface area contributed by atoms with Crippen LogP contribution in [0.25, 0.3) is 0 Å². The van der Waals surface area contributed by atoms with E-state index in [1.807, 2.05) is 44.2 Å². The number of carbonyl (C=O) groups excluding carboxylic acids is 1. The van der Waals surface area contributed by atoms with E-state index in [0.29, 0.717) is 5.56 Å². The van der Waals surface area contributed by atoms with Crippen molar-refractivity contribution in [3.8, 4) is 0 Å². The topological polar surface area (TPSA) is 72.7 Å². The maximum atomic E-state index is 12.1. The van der Waals surface area contributed by atoms with Crippen molar-refractivity contribution >= 4 is 23.4 Å². The predicted octanol–water partition coefficient (Wildman–Crippen LogP) is 3.23. The molecule has 1 N–H and O–H groups in total. The van der Waals surface area contributed by atoms with Crippen LogP contribution in [0.5, 0.6) is 0 Å². The zero-order valence-corrected chi connectivity index (χ0v) is 14.5. The van der Waals surface area contributed by atoms with Gasteiger partial charge in [-0.15, -0.1) is 0 Å². The van der Waals surface area contributed by atoms with E-state index in [-0.39, 0.29) is 5.91 Å². The number of aromatic nitrogens is 4. The van der Waals surface area contributed by atoms with Crippen LogP contribution in [-0.4, -0.2) is 25.7 Å². The predicted molar refractivity (Wildman–Crippen MR) is 93.2 cm³/mol. The number of nitrogens with one attached hydrogen (secondary N) is 1. The van der Waals surface area contributed by atoms with Crippen molar-refractivity contribution in [2.45, 2.75) is 23.9 Å². The molecule has 0 unspecified atom stereocenters. The van der Waals surface area contributed by atoms with E-state index in [1.165, 1.54) is 18.0 Å². The first-order valence-corrected chi connectivity index (χ1v) is 8.21. The van der Waals surface area contributed by atoms with Crippen molar-refractivity contribution in [2.75, 3.05) is 5.32 Å². The third-order valence-corrected chi connectivity index (χ3v) is 4.12. The van der Waals surface area contributed by atoms with Crippen molar-refractivity contribution in [3.05, 3.63) is 59.7 Å². The summed E-state index contributed by atoms with van der Waals surface area (Å²) in [5.41, 5.74) is 3.16. The lowest BCUT2D eigenvalue weighted by atomic mass is 10.3. The molecule has 0 aliphatic heterocycles. The molecule has 0 bridgehead atoms. The number of aryl methyl sites for hydroxylation is 3. The number of hydrogen-bond donors (Lipinski definition) is 1. The zero-order chi connectivity index (χ0) is 17.1. The van der Waals surface area contributed by atoms with Crippen LogP contribution in [-0.2, 0) is 7.05 Å². The number of anilines is 1. The minimum Gasteiger partial charge on any atom is -0.322 e. The van der Waals surface area contributed by atoms with E-state index in [0.717, 1.165) is 27.1 Å². The lowest BCUT2D eigenvalue weighted by Crippen LogP contribution is -2.10. The molecule has 0 aliphatic rings. The van der Waals surface area contributed by atoms with Gasteiger partial charge >= 0.3 is 0 Å². The van der Waals surface area contributed by atoms with Gasteiger partial charge in [-0.05, 0) is 55.9 Å². The van der Waals surface area contributed by atoms with Crippen LogP contribution in [0.3, 0.4) is 0 Å². The van der Waals surface area contributed by atoms with Crippen LogP contribution >= 0.6 is 11.8 Å². The third kappa shape index (κ3) is 3.99. The van der Waals surface area contributed by atoms with Gasteiger partial charge in [0.2, 0.25) is 0 Å². The Hall–Kier alpha value is -2.67. The summed E-state index contributed by atoms with van der Waals surface area (Å²) in [4.78, 5) is 21.9. The second kappa shape index (κ2) is 6.84. The van der Waals surface area contributed by atoms with Gasteiger partial charge in [-0.3, -0.25) is 9.48 Å². The van der Waals surface area contributed by atoms with Crippen LogP contribution in [0.1, 0.15) is 21.7 Å². The number of hydrogen-bond acceptors (Lipinski definition) is 5. The smallest absolute Gasteiger partial charge is 0.258 e. The first kappa shape index (κ1) is 16.2. The summed E-state index contributed by atoms with van der Waals surface area (Å²) in [6.45, 7) is 3.91. The Bertz CT molecular complexity index is 853. The summed E-state index contributed by atoms with van der Waals surface area (Å²) in [5.74, 6) is -0.179. The number of benzene rings is 1. The molecule has 1 amide bonds. The summed E-state index contributed by atoms with van der Waals surface area (Å²) in [6, 6.07) is 9.54. The molecule has 0 saturated heterocycles. The van der Waals surface area contributed by atoms with Crippen LogP contribution in [0.2, 0.25) is 0 Å². The van der Waals surface area contributed by atoms with E-state index in [4.69, 9.17) is 0 Å². The largest absolute Gasteiger partial charge is 0.322 e. The van der Waals surface area contributed by atoms with Gasteiger partial charge in [0.15, 0.2) is 5.16 Å². The Morgan fingerprint density at radius 3 is 2.38 bits per heavy atom. The molecule has 0 saturated carbocycles. The first-order valence-electron chi connectivity index (χ1n) is 7.40. The molecule has 24 heavy (non-hydrogen) atoms. The molecule has 0 atom stereocenters. The lowest BCUT2D eigenvalue weighted by Gasteiger charge is -2.06. The first-order chi connectivity index (χ1) is 11.5. The van der Waals surface area contributed by atoms with E-state index in [1.54, 1.807) is 17.9 Å². The van der Waals surface area contributed by atoms with Gasteiger partial charge in [-0.2, -0.15) is 5.10 Å². The van der Waals surface area contributed by atoms with Crippen molar-refractivity contribution in [3.63, 3.8) is 0 Å². The van der Waals surface area contributed by atoms with Gasteiger partial charge < -0.3 is 5.32 Å². The van der Waals surface area contributed by atoms with Crippen molar-refractivity contribution < 1.29 is 4.79 Å². The van der Waals surface area contributed by atoms with E-state index in [9.17, 15) is 4.79 Å². The molecule has 7 heteroatoms. The van der Waals surface area contributed by atoms with Gasteiger partial charge in [-0.1, -0.05) is 0 Å². The number of rotatable bonds is 4. The zero-order valence-electron chi connectivity index (χ0n) is 13.6. The van der Waals surface area contributed by atoms with Crippen LogP contribution in [0.15, 0.2) is 52.8 Å². The van der Waals surface area contributed by atoms with E-state index >= 15 is 0 Å². The molecule has 2 aromatic heterocycles. The monoisotopic (exact) mass is 339 g/mol. The highest BCUT2D eigenvalue weighted by Crippen LogP contribution is 2.26. The maximum absolute atomic E-state index is 12.1. The minimum absolute atomic E-state index is 0.179. The molecule has 0 spiro atoms. The molecule has 122 valence electrons. The number of nitrogens with zero attached hydrogens (tertiary/aromatic N) is 4. The molecule has 0 aliphatic carbocycles. The van der Waals surface area contributed by atoms with Crippen LogP contribution in [0, 0.1) is 13.8 Å². The fraction of sp³-hybridized carbons (Fsp3) is 0.176. The molecule has 0 radical (unpaired) electrons. The Morgan fingerprint density at radius 2 is 1.79 bits per heavy atom. The average Bonchev–Trinajstić information content (AvgIpc) is 2.95. The highest BCUT2D eigenvalue weighted by atomic mass is 32.2. The third-order valence-electron chi connectivity index (χ3n) is 3.25. The van der Waals surface area contributed by atoms with Crippen molar-refractivity contribution in [1.82, 2.24) is 19.7 Å². The summed E-state index contributed by atoms with van der Waals surface area (Å²) in [7, 11) is 1.78. The fourth-order valence-electron chi connectivity index (χ4n) is 2.19. The molecule has 1 aromatic carbocycles. The SMILES string of the molecule is Cc1cc(C)nc(Sc2ccc(NC(=O)c3cnn(C)c3)cc2)n1. The van der Waals surface area contributed by atoms with E-state index in [2.05, 4.69) is 20.4 Å². The molecule has 6 nitrogen and oxygen atoms in total. The van der Waals surface area contributed by atoms with Crippen LogP contribution in [0.4, 0.5) is 5.69 Å². The quantitative estimate of drug-likeness (QED) is 0.739. The average molecular weight is 339 g/mol. The van der Waals surface area contributed by atoms with E-state index < -0.39 is 0 Å². The van der Waals surface area contributed by atoms with Gasteiger partial charge in [-0.25, -0.2) is 9.97 Å². The molecular formula is C17H17N5OS. The molecule has 3 rings (SSSR count). The molecular weight excluding hydrogens is 322 g/mol. The van der Waals surface area contributed by atoms with Gasteiger partial charge in [0, 0.05) is 35.2 Å². The normalized spacial score (nSPS) is 10.6.